The van der Waals surface area contributed by atoms with E-state index in [4.69, 9.17) is 4.42 Å². The molecule has 0 saturated carbocycles. The Morgan fingerprint density at radius 3 is 3.06 bits per heavy atom. The van der Waals surface area contributed by atoms with Gasteiger partial charge in [-0.15, -0.1) is 10.2 Å². The van der Waals surface area contributed by atoms with Gasteiger partial charge in [-0.25, -0.2) is 0 Å². The van der Waals surface area contributed by atoms with Gasteiger partial charge in [0.2, 0.25) is 0 Å². The zero-order valence-corrected chi connectivity index (χ0v) is 10.9. The fourth-order valence-corrected chi connectivity index (χ4v) is 3.11. The highest BCUT2D eigenvalue weighted by molar-refractivity contribution is 8.02. The lowest BCUT2D eigenvalue weighted by Gasteiger charge is -2.04. The summed E-state index contributed by atoms with van der Waals surface area (Å²) in [5.74, 6) is 0.407. The fourth-order valence-electron chi connectivity index (χ4n) is 1.12. The van der Waals surface area contributed by atoms with E-state index in [-0.39, 0.29) is 11.2 Å². The topological polar surface area (TPSA) is 65.2 Å². The maximum atomic E-state index is 11.2. The summed E-state index contributed by atoms with van der Waals surface area (Å²) in [6.45, 7) is 1.77. The maximum absolute atomic E-state index is 11.2. The summed E-state index contributed by atoms with van der Waals surface area (Å²) in [6.07, 6.45) is 1.58. The van der Waals surface area contributed by atoms with Crippen molar-refractivity contribution in [2.45, 2.75) is 16.5 Å². The van der Waals surface area contributed by atoms with Crippen molar-refractivity contribution in [3.63, 3.8) is 0 Å². The van der Waals surface area contributed by atoms with E-state index in [1.165, 1.54) is 30.2 Å². The number of methoxy groups -OCH3 is 1. The molecule has 0 bridgehead atoms. The van der Waals surface area contributed by atoms with Gasteiger partial charge in [-0.2, -0.15) is 0 Å². The average molecular weight is 270 g/mol. The van der Waals surface area contributed by atoms with Gasteiger partial charge in [0.05, 0.1) is 13.4 Å². The zero-order valence-electron chi connectivity index (χ0n) is 9.25. The van der Waals surface area contributed by atoms with Gasteiger partial charge < -0.3 is 9.15 Å². The molecular weight excluding hydrogens is 260 g/mol. The molecule has 2 heterocycles. The van der Waals surface area contributed by atoms with Gasteiger partial charge in [-0.05, 0) is 19.1 Å². The molecule has 1 atom stereocenters. The Labute approximate surface area is 106 Å². The van der Waals surface area contributed by atoms with E-state index < -0.39 is 0 Å². The van der Waals surface area contributed by atoms with Crippen LogP contribution < -0.4 is 0 Å². The number of furan rings is 1. The van der Waals surface area contributed by atoms with Crippen LogP contribution >= 0.6 is 23.1 Å². The third-order valence-electron chi connectivity index (χ3n) is 1.95. The summed E-state index contributed by atoms with van der Waals surface area (Å²) in [4.78, 5) is 11.2. The number of carbonyl (C=O) groups excluding carboxylic acids is 1. The Morgan fingerprint density at radius 1 is 1.59 bits per heavy atom. The molecule has 17 heavy (non-hydrogen) atoms. The number of carbonyl (C=O) groups is 1. The summed E-state index contributed by atoms with van der Waals surface area (Å²) in [6, 6.07) is 3.61. The Balaban J connectivity index is 2.06. The lowest BCUT2D eigenvalue weighted by Crippen LogP contribution is -2.14. The predicted octanol–water partition coefficient (Wildman–Crippen LogP) is 2.45. The van der Waals surface area contributed by atoms with Crippen LogP contribution in [-0.4, -0.2) is 28.5 Å². The minimum absolute atomic E-state index is 0.273. The van der Waals surface area contributed by atoms with E-state index in [0.717, 1.165) is 0 Å². The molecule has 0 N–H and O–H groups in total. The molecule has 0 spiro atoms. The van der Waals surface area contributed by atoms with Crippen LogP contribution in [0, 0.1) is 0 Å². The highest BCUT2D eigenvalue weighted by atomic mass is 32.2. The van der Waals surface area contributed by atoms with E-state index in [1.807, 2.05) is 6.07 Å². The zero-order chi connectivity index (χ0) is 12.3. The number of ether oxygens (including phenoxy) is 1. The van der Waals surface area contributed by atoms with Crippen molar-refractivity contribution in [1.29, 1.82) is 0 Å². The van der Waals surface area contributed by atoms with Gasteiger partial charge in [-0.1, -0.05) is 23.1 Å². The Bertz CT molecular complexity index is 495. The smallest absolute Gasteiger partial charge is 0.318 e. The minimum Gasteiger partial charge on any atom is -0.468 e. The molecule has 0 saturated heterocycles. The molecular formula is C10H10N2O3S2. The number of nitrogens with zero attached hydrogens (tertiary/aromatic N) is 2. The molecule has 2 rings (SSSR count). The van der Waals surface area contributed by atoms with Crippen molar-refractivity contribution in [2.24, 2.45) is 0 Å². The van der Waals surface area contributed by atoms with Crippen molar-refractivity contribution in [3.05, 3.63) is 18.4 Å². The highest BCUT2D eigenvalue weighted by Gasteiger charge is 2.18. The van der Waals surface area contributed by atoms with Crippen LogP contribution in [0.2, 0.25) is 0 Å². The number of rotatable bonds is 4. The van der Waals surface area contributed by atoms with Gasteiger partial charge in [0.25, 0.3) is 0 Å². The van der Waals surface area contributed by atoms with Crippen molar-refractivity contribution < 1.29 is 13.9 Å². The first-order valence-electron chi connectivity index (χ1n) is 4.82. The van der Waals surface area contributed by atoms with E-state index >= 15 is 0 Å². The average Bonchev–Trinajstić information content (AvgIpc) is 2.97. The van der Waals surface area contributed by atoms with E-state index in [9.17, 15) is 4.79 Å². The minimum atomic E-state index is -0.294. The summed E-state index contributed by atoms with van der Waals surface area (Å²) in [5, 5.41) is 8.40. The first-order chi connectivity index (χ1) is 8.20. The van der Waals surface area contributed by atoms with Gasteiger partial charge in [0, 0.05) is 0 Å². The second-order valence-electron chi connectivity index (χ2n) is 3.13. The fraction of sp³-hybridized carbons (Fsp3) is 0.300. The summed E-state index contributed by atoms with van der Waals surface area (Å²) in [7, 11) is 1.37. The molecule has 1 unspecified atom stereocenters. The first-order valence-corrected chi connectivity index (χ1v) is 6.52. The van der Waals surface area contributed by atoms with Gasteiger partial charge in [0.15, 0.2) is 15.1 Å². The third-order valence-corrected chi connectivity index (χ3v) is 4.05. The highest BCUT2D eigenvalue weighted by Crippen LogP contribution is 2.31. The molecule has 90 valence electrons. The van der Waals surface area contributed by atoms with E-state index in [0.29, 0.717) is 15.1 Å². The number of hydrogen-bond donors (Lipinski definition) is 0. The summed E-state index contributed by atoms with van der Waals surface area (Å²) in [5.41, 5.74) is 0. The standard InChI is InChI=1S/C10H10N2O3S2/c1-6(9(13)14-2)16-10-12-11-8(17-10)7-4-3-5-15-7/h3-6H,1-2H3. The predicted molar refractivity (Wildman–Crippen MR) is 64.9 cm³/mol. The lowest BCUT2D eigenvalue weighted by atomic mass is 10.5. The molecule has 7 heteroatoms. The van der Waals surface area contributed by atoms with Gasteiger partial charge >= 0.3 is 5.97 Å². The van der Waals surface area contributed by atoms with Gasteiger partial charge in [0.1, 0.15) is 5.25 Å². The molecule has 0 fully saturated rings. The molecule has 2 aromatic heterocycles. The molecule has 0 aromatic carbocycles. The van der Waals surface area contributed by atoms with Crippen LogP contribution in [0.15, 0.2) is 27.2 Å². The number of esters is 1. The Kier molecular flexibility index (Phi) is 3.80. The molecule has 0 aliphatic carbocycles. The van der Waals surface area contributed by atoms with Crippen LogP contribution in [-0.2, 0) is 9.53 Å². The van der Waals surface area contributed by atoms with Gasteiger partial charge in [-0.3, -0.25) is 4.79 Å². The summed E-state index contributed by atoms with van der Waals surface area (Å²) < 4.78 is 10.6. The van der Waals surface area contributed by atoms with Crippen molar-refractivity contribution in [3.8, 4) is 10.8 Å². The maximum Gasteiger partial charge on any atom is 0.318 e. The van der Waals surface area contributed by atoms with Crippen molar-refractivity contribution in [1.82, 2.24) is 10.2 Å². The molecule has 2 aromatic rings. The summed E-state index contributed by atoms with van der Waals surface area (Å²) >= 11 is 2.71. The first kappa shape index (κ1) is 12.1. The molecule has 0 aliphatic rings. The molecule has 0 aliphatic heterocycles. The van der Waals surface area contributed by atoms with Crippen LogP contribution in [0.3, 0.4) is 0 Å². The van der Waals surface area contributed by atoms with Crippen molar-refractivity contribution in [2.75, 3.05) is 7.11 Å². The number of aromatic nitrogens is 2. The monoisotopic (exact) mass is 270 g/mol. The van der Waals surface area contributed by atoms with Crippen LogP contribution in [0.4, 0.5) is 0 Å². The normalized spacial score (nSPS) is 12.4. The molecule has 0 amide bonds. The second kappa shape index (κ2) is 5.33. The van der Waals surface area contributed by atoms with Crippen LogP contribution in [0.1, 0.15) is 6.92 Å². The van der Waals surface area contributed by atoms with E-state index in [2.05, 4.69) is 14.9 Å². The van der Waals surface area contributed by atoms with Crippen LogP contribution in [0.5, 0.6) is 0 Å². The second-order valence-corrected chi connectivity index (χ2v) is 5.70. The third kappa shape index (κ3) is 2.86. The quantitative estimate of drug-likeness (QED) is 0.628. The number of hydrogen-bond acceptors (Lipinski definition) is 7. The lowest BCUT2D eigenvalue weighted by molar-refractivity contribution is -0.139. The molecule has 0 radical (unpaired) electrons. The molecule has 5 nitrogen and oxygen atoms in total. The van der Waals surface area contributed by atoms with Crippen LogP contribution in [0.25, 0.3) is 10.8 Å². The number of thioether (sulfide) groups is 1. The SMILES string of the molecule is COC(=O)C(C)Sc1nnc(-c2ccco2)s1. The van der Waals surface area contributed by atoms with E-state index in [1.54, 1.807) is 19.3 Å². The Hall–Kier alpha value is -1.34. The van der Waals surface area contributed by atoms with Crippen molar-refractivity contribution >= 4 is 29.1 Å². The largest absolute Gasteiger partial charge is 0.468 e. The Morgan fingerprint density at radius 2 is 2.41 bits per heavy atom.